The normalized spacial score (nSPS) is 10.9. The molecule has 0 unspecified atom stereocenters. The van der Waals surface area contributed by atoms with E-state index in [9.17, 15) is 0 Å². The second kappa shape index (κ2) is 5.73. The molecule has 2 rings (SSSR count). The van der Waals surface area contributed by atoms with Crippen molar-refractivity contribution < 1.29 is 0 Å². The van der Waals surface area contributed by atoms with Crippen molar-refractivity contribution in [3.05, 3.63) is 34.6 Å². The van der Waals surface area contributed by atoms with Gasteiger partial charge in [0.25, 0.3) is 0 Å². The first-order valence-electron chi connectivity index (χ1n) is 5.64. The molecule has 1 heterocycles. The van der Waals surface area contributed by atoms with E-state index in [1.54, 1.807) is 11.8 Å². The fourth-order valence-electron chi connectivity index (χ4n) is 1.57. The molecule has 0 saturated carbocycles. The zero-order chi connectivity index (χ0) is 13.1. The first-order valence-corrected chi connectivity index (χ1v) is 6.83. The molecule has 6 heteroatoms. The smallest absolute Gasteiger partial charge is 0.195 e. The molecule has 0 spiro atoms. The minimum atomic E-state index is 0.603. The van der Waals surface area contributed by atoms with Crippen LogP contribution in [0.15, 0.2) is 28.3 Å². The highest BCUT2D eigenvalue weighted by Crippen LogP contribution is 2.31. The fraction of sp³-hybridized carbons (Fsp3) is 0.333. The highest BCUT2D eigenvalue weighted by molar-refractivity contribution is 7.99. The van der Waals surface area contributed by atoms with Gasteiger partial charge in [-0.15, -0.1) is 10.2 Å². The maximum atomic E-state index is 6.01. The topological polar surface area (TPSA) is 56.7 Å². The number of nitrogens with two attached hydrogens (primary N) is 1. The molecule has 0 fully saturated rings. The molecule has 2 aromatic rings. The average molecular weight is 283 g/mol. The second-order valence-corrected chi connectivity index (χ2v) is 5.43. The fourth-order valence-corrected chi connectivity index (χ4v) is 2.74. The van der Waals surface area contributed by atoms with Crippen LogP contribution in [0.2, 0.25) is 5.02 Å². The van der Waals surface area contributed by atoms with E-state index in [2.05, 4.69) is 10.2 Å². The van der Waals surface area contributed by atoms with Gasteiger partial charge >= 0.3 is 0 Å². The molecule has 2 N–H and O–H groups in total. The van der Waals surface area contributed by atoms with Gasteiger partial charge in [0.1, 0.15) is 5.82 Å². The van der Waals surface area contributed by atoms with E-state index in [0.29, 0.717) is 6.54 Å². The predicted octanol–water partition coefficient (Wildman–Crippen LogP) is 2.43. The highest BCUT2D eigenvalue weighted by atomic mass is 35.5. The maximum absolute atomic E-state index is 6.01. The van der Waals surface area contributed by atoms with Crippen LogP contribution in [0.1, 0.15) is 11.4 Å². The SMILES string of the molecule is Cc1nnc(Sc2ccc(Cl)cc2CCN)n1C. The first-order chi connectivity index (χ1) is 8.61. The van der Waals surface area contributed by atoms with Gasteiger partial charge in [-0.2, -0.15) is 0 Å². The summed E-state index contributed by atoms with van der Waals surface area (Å²) < 4.78 is 1.96. The zero-order valence-corrected chi connectivity index (χ0v) is 11.9. The van der Waals surface area contributed by atoms with Crippen molar-refractivity contribution in [1.29, 1.82) is 0 Å². The van der Waals surface area contributed by atoms with Gasteiger partial charge in [0.2, 0.25) is 0 Å². The predicted molar refractivity (Wildman–Crippen MR) is 74.1 cm³/mol. The van der Waals surface area contributed by atoms with Crippen molar-refractivity contribution in [3.63, 3.8) is 0 Å². The summed E-state index contributed by atoms with van der Waals surface area (Å²) in [5.41, 5.74) is 6.77. The van der Waals surface area contributed by atoms with Gasteiger partial charge in [0.05, 0.1) is 0 Å². The molecule has 1 aromatic heterocycles. The summed E-state index contributed by atoms with van der Waals surface area (Å²) in [7, 11) is 1.95. The number of halogens is 1. The number of nitrogens with zero attached hydrogens (tertiary/aromatic N) is 3. The Morgan fingerprint density at radius 3 is 2.78 bits per heavy atom. The molecule has 0 atom stereocenters. The lowest BCUT2D eigenvalue weighted by Crippen LogP contribution is -2.04. The van der Waals surface area contributed by atoms with Crippen molar-refractivity contribution in [2.75, 3.05) is 6.54 Å². The molecule has 0 radical (unpaired) electrons. The minimum absolute atomic E-state index is 0.603. The molecule has 0 bridgehead atoms. The molecule has 0 aliphatic carbocycles. The maximum Gasteiger partial charge on any atom is 0.195 e. The van der Waals surface area contributed by atoms with Crippen LogP contribution in [0.25, 0.3) is 0 Å². The third-order valence-corrected chi connectivity index (χ3v) is 4.08. The molecular formula is C12H15ClN4S. The quantitative estimate of drug-likeness (QED) is 0.936. The molecular weight excluding hydrogens is 268 g/mol. The summed E-state index contributed by atoms with van der Waals surface area (Å²) >= 11 is 7.59. The van der Waals surface area contributed by atoms with E-state index in [1.807, 2.05) is 36.7 Å². The molecule has 0 aliphatic rings. The van der Waals surface area contributed by atoms with Gasteiger partial charge in [-0.25, -0.2) is 0 Å². The summed E-state index contributed by atoms with van der Waals surface area (Å²) in [6, 6.07) is 5.84. The van der Waals surface area contributed by atoms with Crippen LogP contribution in [-0.2, 0) is 13.5 Å². The van der Waals surface area contributed by atoms with Crippen molar-refractivity contribution in [2.45, 2.75) is 23.4 Å². The molecule has 4 nitrogen and oxygen atoms in total. The summed E-state index contributed by atoms with van der Waals surface area (Å²) in [6.45, 7) is 2.53. The van der Waals surface area contributed by atoms with Crippen molar-refractivity contribution in [1.82, 2.24) is 14.8 Å². The lowest BCUT2D eigenvalue weighted by molar-refractivity contribution is 0.765. The Morgan fingerprint density at radius 1 is 1.39 bits per heavy atom. The van der Waals surface area contributed by atoms with E-state index < -0.39 is 0 Å². The Hall–Kier alpha value is -1.04. The number of hydrogen-bond donors (Lipinski definition) is 1. The molecule has 0 saturated heterocycles. The van der Waals surface area contributed by atoms with E-state index in [1.165, 1.54) is 0 Å². The highest BCUT2D eigenvalue weighted by Gasteiger charge is 2.10. The monoisotopic (exact) mass is 282 g/mol. The van der Waals surface area contributed by atoms with E-state index in [0.717, 1.165) is 32.9 Å². The van der Waals surface area contributed by atoms with Crippen LogP contribution in [0.4, 0.5) is 0 Å². The number of rotatable bonds is 4. The third-order valence-electron chi connectivity index (χ3n) is 2.69. The Bertz CT molecular complexity index is 553. The Balaban J connectivity index is 2.31. The van der Waals surface area contributed by atoms with E-state index in [4.69, 9.17) is 17.3 Å². The Labute approximate surface area is 116 Å². The van der Waals surface area contributed by atoms with E-state index in [-0.39, 0.29) is 0 Å². The number of hydrogen-bond acceptors (Lipinski definition) is 4. The lowest BCUT2D eigenvalue weighted by atomic mass is 10.1. The lowest BCUT2D eigenvalue weighted by Gasteiger charge is -2.08. The Kier molecular flexibility index (Phi) is 4.27. The van der Waals surface area contributed by atoms with Crippen LogP contribution in [0, 0.1) is 6.92 Å². The molecule has 18 heavy (non-hydrogen) atoms. The number of aryl methyl sites for hydroxylation is 1. The summed E-state index contributed by atoms with van der Waals surface area (Å²) in [4.78, 5) is 1.13. The van der Waals surface area contributed by atoms with E-state index >= 15 is 0 Å². The third kappa shape index (κ3) is 2.85. The minimum Gasteiger partial charge on any atom is -0.330 e. The second-order valence-electron chi connectivity index (χ2n) is 3.98. The molecule has 0 aliphatic heterocycles. The van der Waals surface area contributed by atoms with Crippen LogP contribution in [-0.4, -0.2) is 21.3 Å². The first kappa shape index (κ1) is 13.4. The van der Waals surface area contributed by atoms with Crippen LogP contribution < -0.4 is 5.73 Å². The van der Waals surface area contributed by atoms with Crippen molar-refractivity contribution in [3.8, 4) is 0 Å². The van der Waals surface area contributed by atoms with Crippen molar-refractivity contribution in [2.24, 2.45) is 12.8 Å². The van der Waals surface area contributed by atoms with Gasteiger partial charge < -0.3 is 10.3 Å². The van der Waals surface area contributed by atoms with Crippen LogP contribution in [0.3, 0.4) is 0 Å². The summed E-state index contributed by atoms with van der Waals surface area (Å²) in [5.74, 6) is 0.895. The van der Waals surface area contributed by atoms with Gasteiger partial charge in [0.15, 0.2) is 5.16 Å². The summed E-state index contributed by atoms with van der Waals surface area (Å²) in [6.07, 6.45) is 0.805. The van der Waals surface area contributed by atoms with Gasteiger partial charge in [-0.3, -0.25) is 0 Å². The largest absolute Gasteiger partial charge is 0.330 e. The number of benzene rings is 1. The molecule has 0 amide bonds. The van der Waals surface area contributed by atoms with Crippen LogP contribution >= 0.6 is 23.4 Å². The van der Waals surface area contributed by atoms with Gasteiger partial charge in [0, 0.05) is 17.0 Å². The zero-order valence-electron chi connectivity index (χ0n) is 10.4. The van der Waals surface area contributed by atoms with Crippen molar-refractivity contribution >= 4 is 23.4 Å². The standard InChI is InChI=1S/C12H15ClN4S/c1-8-15-16-12(17(8)2)18-11-4-3-10(13)7-9(11)5-6-14/h3-4,7H,5-6,14H2,1-2H3. The number of aromatic nitrogens is 3. The van der Waals surface area contributed by atoms with Crippen LogP contribution in [0.5, 0.6) is 0 Å². The van der Waals surface area contributed by atoms with Gasteiger partial charge in [-0.05, 0) is 55.4 Å². The Morgan fingerprint density at radius 2 is 2.17 bits per heavy atom. The molecule has 1 aromatic carbocycles. The summed E-state index contributed by atoms with van der Waals surface area (Å²) in [5, 5.41) is 9.79. The van der Waals surface area contributed by atoms with Gasteiger partial charge in [-0.1, -0.05) is 11.6 Å². The average Bonchev–Trinajstić information content (AvgIpc) is 2.65. The molecule has 96 valence electrons.